The first-order chi connectivity index (χ1) is 7.54. The van der Waals surface area contributed by atoms with E-state index in [9.17, 15) is 9.18 Å². The fourth-order valence-corrected chi connectivity index (χ4v) is 1.20. The minimum Gasteiger partial charge on any atom is -0.394 e. The molecular weight excluding hydrogens is 235 g/mol. The fourth-order valence-electron chi connectivity index (χ4n) is 1.03. The van der Waals surface area contributed by atoms with Crippen molar-refractivity contribution in [2.24, 2.45) is 0 Å². The number of anilines is 1. The van der Waals surface area contributed by atoms with Gasteiger partial charge in [0.05, 0.1) is 23.4 Å². The molecule has 6 heteroatoms. The second-order valence-electron chi connectivity index (χ2n) is 3.28. The molecule has 4 nitrogen and oxygen atoms in total. The molecule has 0 aliphatic rings. The summed E-state index contributed by atoms with van der Waals surface area (Å²) in [5.74, 6) is -0.684. The highest BCUT2D eigenvalue weighted by atomic mass is 35.5. The van der Waals surface area contributed by atoms with Crippen LogP contribution >= 0.6 is 11.6 Å². The summed E-state index contributed by atoms with van der Waals surface area (Å²) in [5, 5.41) is 13.4. The van der Waals surface area contributed by atoms with Gasteiger partial charge in [-0.15, -0.1) is 0 Å². The third kappa shape index (κ3) is 3.36. The van der Waals surface area contributed by atoms with Crippen molar-refractivity contribution in [3.05, 3.63) is 29.0 Å². The van der Waals surface area contributed by atoms with Crippen molar-refractivity contribution in [1.82, 2.24) is 5.32 Å². The Bertz CT molecular complexity index is 387. The highest BCUT2D eigenvalue weighted by Crippen LogP contribution is 2.21. The zero-order valence-corrected chi connectivity index (χ0v) is 9.38. The van der Waals surface area contributed by atoms with E-state index in [2.05, 4.69) is 10.6 Å². The minimum atomic E-state index is -0.684. The van der Waals surface area contributed by atoms with E-state index in [1.54, 1.807) is 6.92 Å². The number of aliphatic hydroxyl groups excluding tert-OH is 1. The lowest BCUT2D eigenvalue weighted by Crippen LogP contribution is -2.38. The lowest BCUT2D eigenvalue weighted by atomic mass is 10.3. The summed E-state index contributed by atoms with van der Waals surface area (Å²) >= 11 is 5.54. The van der Waals surface area contributed by atoms with Gasteiger partial charge in [0.2, 0.25) is 0 Å². The second-order valence-corrected chi connectivity index (χ2v) is 3.69. The first kappa shape index (κ1) is 12.7. The Balaban J connectivity index is 2.66. The van der Waals surface area contributed by atoms with E-state index in [1.165, 1.54) is 18.2 Å². The monoisotopic (exact) mass is 246 g/mol. The number of halogens is 2. The maximum atomic E-state index is 13.4. The van der Waals surface area contributed by atoms with Crippen molar-refractivity contribution in [3.8, 4) is 0 Å². The molecule has 1 unspecified atom stereocenters. The lowest BCUT2D eigenvalue weighted by Gasteiger charge is -2.12. The van der Waals surface area contributed by atoms with Crippen molar-refractivity contribution in [2.45, 2.75) is 13.0 Å². The van der Waals surface area contributed by atoms with Crippen LogP contribution in [0.25, 0.3) is 0 Å². The van der Waals surface area contributed by atoms with Gasteiger partial charge in [-0.25, -0.2) is 9.18 Å². The van der Waals surface area contributed by atoms with Crippen LogP contribution in [0, 0.1) is 5.82 Å². The third-order valence-corrected chi connectivity index (χ3v) is 2.14. The Morgan fingerprint density at radius 1 is 1.62 bits per heavy atom. The molecule has 0 radical (unpaired) electrons. The van der Waals surface area contributed by atoms with Crippen LogP contribution in [0.5, 0.6) is 0 Å². The van der Waals surface area contributed by atoms with Crippen LogP contribution in [0.2, 0.25) is 5.02 Å². The van der Waals surface area contributed by atoms with Gasteiger partial charge in [0.1, 0.15) is 0 Å². The molecule has 0 heterocycles. The van der Waals surface area contributed by atoms with Gasteiger partial charge < -0.3 is 15.7 Å². The summed E-state index contributed by atoms with van der Waals surface area (Å²) in [6.45, 7) is 1.43. The van der Waals surface area contributed by atoms with Crippen molar-refractivity contribution >= 4 is 23.3 Å². The van der Waals surface area contributed by atoms with Gasteiger partial charge in [-0.2, -0.15) is 0 Å². The van der Waals surface area contributed by atoms with Gasteiger partial charge in [0, 0.05) is 0 Å². The van der Waals surface area contributed by atoms with Crippen molar-refractivity contribution in [3.63, 3.8) is 0 Å². The Hall–Kier alpha value is -1.33. The van der Waals surface area contributed by atoms with Crippen LogP contribution in [-0.2, 0) is 0 Å². The second kappa shape index (κ2) is 5.67. The zero-order valence-electron chi connectivity index (χ0n) is 8.63. The Morgan fingerprint density at radius 3 is 2.94 bits per heavy atom. The maximum absolute atomic E-state index is 13.4. The van der Waals surface area contributed by atoms with E-state index < -0.39 is 17.9 Å². The van der Waals surface area contributed by atoms with Gasteiger partial charge in [0.25, 0.3) is 0 Å². The molecule has 0 aliphatic heterocycles. The molecule has 0 fully saturated rings. The highest BCUT2D eigenvalue weighted by molar-refractivity contribution is 6.31. The van der Waals surface area contributed by atoms with Gasteiger partial charge in [-0.1, -0.05) is 17.7 Å². The normalized spacial score (nSPS) is 12.0. The van der Waals surface area contributed by atoms with Crippen LogP contribution in [0.15, 0.2) is 18.2 Å². The Morgan fingerprint density at radius 2 is 2.31 bits per heavy atom. The van der Waals surface area contributed by atoms with E-state index in [1.807, 2.05) is 0 Å². The molecule has 1 atom stereocenters. The molecule has 1 aromatic carbocycles. The predicted octanol–water partition coefficient (Wildman–Crippen LogP) is 1.98. The fraction of sp³-hybridized carbons (Fsp3) is 0.300. The van der Waals surface area contributed by atoms with E-state index in [0.29, 0.717) is 0 Å². The summed E-state index contributed by atoms with van der Waals surface area (Å²) in [5.41, 5.74) is -0.00450. The Kier molecular flexibility index (Phi) is 4.52. The van der Waals surface area contributed by atoms with Gasteiger partial charge in [-0.3, -0.25) is 0 Å². The van der Waals surface area contributed by atoms with Crippen molar-refractivity contribution in [1.29, 1.82) is 0 Å². The zero-order chi connectivity index (χ0) is 12.1. The lowest BCUT2D eigenvalue weighted by molar-refractivity contribution is 0.229. The van der Waals surface area contributed by atoms with E-state index in [-0.39, 0.29) is 17.3 Å². The van der Waals surface area contributed by atoms with Gasteiger partial charge in [0.15, 0.2) is 5.82 Å². The number of aliphatic hydroxyl groups is 1. The van der Waals surface area contributed by atoms with Gasteiger partial charge in [-0.05, 0) is 19.1 Å². The number of amides is 2. The number of nitrogens with one attached hydrogen (secondary N) is 2. The Labute approximate surface area is 97.4 Å². The summed E-state index contributed by atoms with van der Waals surface area (Å²) in [6.07, 6.45) is 0. The highest BCUT2D eigenvalue weighted by Gasteiger charge is 2.10. The first-order valence-corrected chi connectivity index (χ1v) is 5.04. The first-order valence-electron chi connectivity index (χ1n) is 4.67. The summed E-state index contributed by atoms with van der Waals surface area (Å²) in [7, 11) is 0. The van der Waals surface area contributed by atoms with Crippen molar-refractivity contribution in [2.75, 3.05) is 11.9 Å². The quantitative estimate of drug-likeness (QED) is 0.764. The third-order valence-electron chi connectivity index (χ3n) is 1.85. The average Bonchev–Trinajstić information content (AvgIpc) is 2.24. The molecule has 2 amide bonds. The summed E-state index contributed by atoms with van der Waals surface area (Å²) in [4.78, 5) is 11.3. The largest absolute Gasteiger partial charge is 0.394 e. The molecule has 3 N–H and O–H groups in total. The van der Waals surface area contributed by atoms with Crippen LogP contribution in [0.4, 0.5) is 14.9 Å². The number of hydrogen-bond donors (Lipinski definition) is 3. The number of hydrogen-bond acceptors (Lipinski definition) is 2. The molecule has 0 bridgehead atoms. The molecular formula is C10H12ClFN2O2. The van der Waals surface area contributed by atoms with Crippen LogP contribution in [0.3, 0.4) is 0 Å². The predicted molar refractivity (Wildman–Crippen MR) is 60.1 cm³/mol. The summed E-state index contributed by atoms with van der Waals surface area (Å²) in [6, 6.07) is 3.31. The van der Waals surface area contributed by atoms with Crippen molar-refractivity contribution < 1.29 is 14.3 Å². The number of urea groups is 1. The number of benzene rings is 1. The molecule has 88 valence electrons. The molecule has 1 aromatic rings. The smallest absolute Gasteiger partial charge is 0.319 e. The number of carbonyl (C=O) groups is 1. The van der Waals surface area contributed by atoms with Crippen LogP contribution in [0.1, 0.15) is 6.92 Å². The number of carbonyl (C=O) groups excluding carboxylic acids is 1. The molecule has 0 aliphatic carbocycles. The molecule has 1 rings (SSSR count). The minimum absolute atomic E-state index is 0.00450. The molecule has 0 aromatic heterocycles. The van der Waals surface area contributed by atoms with Crippen LogP contribution < -0.4 is 10.6 Å². The molecule has 16 heavy (non-hydrogen) atoms. The molecule has 0 saturated carbocycles. The molecule has 0 spiro atoms. The maximum Gasteiger partial charge on any atom is 0.319 e. The molecule has 0 saturated heterocycles. The van der Waals surface area contributed by atoms with Gasteiger partial charge >= 0.3 is 6.03 Å². The number of rotatable bonds is 3. The van der Waals surface area contributed by atoms with Crippen LogP contribution in [-0.4, -0.2) is 23.8 Å². The SMILES string of the molecule is CC(CO)NC(=O)Nc1cccc(Cl)c1F. The van der Waals surface area contributed by atoms with E-state index >= 15 is 0 Å². The average molecular weight is 247 g/mol. The standard InChI is InChI=1S/C10H12ClFN2O2/c1-6(5-15)13-10(16)14-8-4-2-3-7(11)9(8)12/h2-4,6,15H,5H2,1H3,(H2,13,14,16). The van der Waals surface area contributed by atoms with E-state index in [4.69, 9.17) is 16.7 Å². The van der Waals surface area contributed by atoms with E-state index in [0.717, 1.165) is 0 Å². The summed E-state index contributed by atoms with van der Waals surface area (Å²) < 4.78 is 13.4. The topological polar surface area (TPSA) is 61.4 Å².